The number of carboxylic acids is 1. The van der Waals surface area contributed by atoms with E-state index in [-0.39, 0.29) is 39.7 Å². The van der Waals surface area contributed by atoms with E-state index in [1.54, 1.807) is 83.1 Å². The van der Waals surface area contributed by atoms with Crippen molar-refractivity contribution in [2.24, 2.45) is 0 Å². The van der Waals surface area contributed by atoms with E-state index >= 15 is 0 Å². The predicted molar refractivity (Wildman–Crippen MR) is 184 cm³/mol. The second-order valence-corrected chi connectivity index (χ2v) is 15.3. The van der Waals surface area contributed by atoms with Crippen LogP contribution in [0.2, 0.25) is 0 Å². The summed E-state index contributed by atoms with van der Waals surface area (Å²) in [7, 11) is 0. The van der Waals surface area contributed by atoms with Gasteiger partial charge in [0.05, 0.1) is 0 Å². The van der Waals surface area contributed by atoms with E-state index in [2.05, 4.69) is 0 Å². The van der Waals surface area contributed by atoms with Crippen LogP contribution in [0, 0.1) is 0 Å². The van der Waals surface area contributed by atoms with Crippen molar-refractivity contribution in [1.82, 2.24) is 0 Å². The molecule has 2 aromatic rings. The lowest BCUT2D eigenvalue weighted by molar-refractivity contribution is -0.158. The summed E-state index contributed by atoms with van der Waals surface area (Å²) in [6.07, 6.45) is 0. The van der Waals surface area contributed by atoms with Gasteiger partial charge in [-0.2, -0.15) is 0 Å². The SMILES string of the molecule is CC(C)(C)OC(=O)COc1cc(OCC(=O)OC(C)(C)C)cc(-c2cc(C(=O)O)c(OCC(=O)OC(C)(C)C)cc2OCC(=O)OC(C)(C)C)c1. The zero-order valence-corrected chi connectivity index (χ0v) is 31.5. The van der Waals surface area contributed by atoms with E-state index in [1.165, 1.54) is 30.3 Å². The van der Waals surface area contributed by atoms with E-state index in [0.29, 0.717) is 0 Å². The van der Waals surface area contributed by atoms with Crippen LogP contribution < -0.4 is 18.9 Å². The number of ether oxygens (including phenoxy) is 8. The van der Waals surface area contributed by atoms with Crippen LogP contribution in [0.3, 0.4) is 0 Å². The van der Waals surface area contributed by atoms with Crippen LogP contribution in [0.25, 0.3) is 11.1 Å². The van der Waals surface area contributed by atoms with Gasteiger partial charge in [0.1, 0.15) is 51.0 Å². The van der Waals surface area contributed by atoms with Crippen molar-refractivity contribution in [2.75, 3.05) is 26.4 Å². The average molecular weight is 719 g/mol. The van der Waals surface area contributed by atoms with Crippen LogP contribution in [-0.2, 0) is 38.1 Å². The van der Waals surface area contributed by atoms with Crippen LogP contribution >= 0.6 is 0 Å². The van der Waals surface area contributed by atoms with Crippen LogP contribution in [0.15, 0.2) is 30.3 Å². The lowest BCUT2D eigenvalue weighted by Gasteiger charge is -2.22. The molecule has 2 rings (SSSR count). The van der Waals surface area contributed by atoms with Gasteiger partial charge in [-0.15, -0.1) is 0 Å². The summed E-state index contributed by atoms with van der Waals surface area (Å²) < 4.78 is 44.2. The highest BCUT2D eigenvalue weighted by Crippen LogP contribution is 2.40. The van der Waals surface area contributed by atoms with Crippen molar-refractivity contribution in [3.8, 4) is 34.1 Å². The molecule has 282 valence electrons. The average Bonchev–Trinajstić information content (AvgIpc) is 2.93. The number of hydrogen-bond acceptors (Lipinski definition) is 13. The molecule has 0 bridgehead atoms. The van der Waals surface area contributed by atoms with E-state index in [9.17, 15) is 29.1 Å². The van der Waals surface area contributed by atoms with Gasteiger partial charge in [-0.3, -0.25) is 0 Å². The Morgan fingerprint density at radius 1 is 0.471 bits per heavy atom. The molecule has 0 aliphatic heterocycles. The van der Waals surface area contributed by atoms with Crippen molar-refractivity contribution in [3.63, 3.8) is 0 Å². The lowest BCUT2D eigenvalue weighted by atomic mass is 10.00. The van der Waals surface area contributed by atoms with Crippen molar-refractivity contribution < 1.29 is 67.0 Å². The Labute approximate surface area is 298 Å². The first-order chi connectivity index (χ1) is 23.2. The highest BCUT2D eigenvalue weighted by molar-refractivity contribution is 5.94. The van der Waals surface area contributed by atoms with E-state index in [0.717, 1.165) is 0 Å². The number of rotatable bonds is 14. The molecule has 0 atom stereocenters. The molecule has 0 unspecified atom stereocenters. The molecule has 0 spiro atoms. The Balaban J connectivity index is 2.68. The maximum absolute atomic E-state index is 12.6. The van der Waals surface area contributed by atoms with E-state index in [1.807, 2.05) is 0 Å². The lowest BCUT2D eigenvalue weighted by Crippen LogP contribution is -2.28. The van der Waals surface area contributed by atoms with E-state index < -0.39 is 78.7 Å². The molecule has 0 amide bonds. The van der Waals surface area contributed by atoms with Gasteiger partial charge in [0.15, 0.2) is 26.4 Å². The Hall–Kier alpha value is -5.01. The molecule has 1 N–H and O–H groups in total. The van der Waals surface area contributed by atoms with Gasteiger partial charge in [0.25, 0.3) is 0 Å². The summed E-state index contributed by atoms with van der Waals surface area (Å²) in [5, 5.41) is 10.1. The Bertz CT molecular complexity index is 1530. The number of esters is 4. The van der Waals surface area contributed by atoms with Gasteiger partial charge in [0.2, 0.25) is 0 Å². The van der Waals surface area contributed by atoms with Gasteiger partial charge in [-0.25, -0.2) is 24.0 Å². The third-order valence-electron chi connectivity index (χ3n) is 5.59. The van der Waals surface area contributed by atoms with Gasteiger partial charge in [-0.1, -0.05) is 0 Å². The van der Waals surface area contributed by atoms with Crippen molar-refractivity contribution in [1.29, 1.82) is 0 Å². The molecule has 0 saturated heterocycles. The first-order valence-electron chi connectivity index (χ1n) is 16.1. The second kappa shape index (κ2) is 16.8. The first-order valence-corrected chi connectivity index (χ1v) is 16.1. The summed E-state index contributed by atoms with van der Waals surface area (Å²) in [5.74, 6) is -4.34. The molecule has 14 nitrogen and oxygen atoms in total. The maximum Gasteiger partial charge on any atom is 0.344 e. The normalized spacial score (nSPS) is 11.9. The summed E-state index contributed by atoms with van der Waals surface area (Å²) in [4.78, 5) is 62.4. The molecular formula is C37H50O14. The first kappa shape index (κ1) is 42.2. The quantitative estimate of drug-likeness (QED) is 0.179. The van der Waals surface area contributed by atoms with Crippen LogP contribution in [0.5, 0.6) is 23.0 Å². The molecule has 0 radical (unpaired) electrons. The number of carbonyl (C=O) groups excluding carboxylic acids is 4. The fourth-order valence-corrected chi connectivity index (χ4v) is 4.13. The molecule has 0 saturated carbocycles. The summed E-state index contributed by atoms with van der Waals surface area (Å²) >= 11 is 0. The van der Waals surface area contributed by atoms with Gasteiger partial charge in [0, 0.05) is 17.7 Å². The van der Waals surface area contributed by atoms with Crippen molar-refractivity contribution >= 4 is 29.8 Å². The minimum Gasteiger partial charge on any atom is -0.482 e. The zero-order chi connectivity index (χ0) is 38.9. The molecule has 2 aromatic carbocycles. The third-order valence-corrected chi connectivity index (χ3v) is 5.59. The molecule has 0 heterocycles. The summed E-state index contributed by atoms with van der Waals surface area (Å²) in [5.41, 5.74) is -3.20. The number of carboxylic acid groups (broad SMARTS) is 1. The highest BCUT2D eigenvalue weighted by atomic mass is 16.6. The number of hydrogen-bond donors (Lipinski definition) is 1. The number of aromatic carboxylic acids is 1. The molecule has 51 heavy (non-hydrogen) atoms. The molecule has 0 aliphatic carbocycles. The van der Waals surface area contributed by atoms with Crippen LogP contribution in [0.4, 0.5) is 0 Å². The molecule has 0 fully saturated rings. The standard InChI is InChI=1S/C37H50O14/c1-34(2,3)48-29(38)18-44-23-13-22(14-24(15-23)45-19-30(39)49-35(4,5)6)25-16-26(33(42)43)28(47-21-32(41)51-37(10,11)12)17-27(25)46-20-31(40)50-36(7,8)9/h13-17H,18-21H2,1-12H3,(H,42,43). The van der Waals surface area contributed by atoms with E-state index in [4.69, 9.17) is 37.9 Å². The number of benzene rings is 2. The molecule has 0 aromatic heterocycles. The molecule has 0 aliphatic rings. The summed E-state index contributed by atoms with van der Waals surface area (Å²) in [6.45, 7) is 18.1. The smallest absolute Gasteiger partial charge is 0.344 e. The summed E-state index contributed by atoms with van der Waals surface area (Å²) in [6, 6.07) is 6.77. The minimum atomic E-state index is -1.41. The van der Waals surface area contributed by atoms with Gasteiger partial charge >= 0.3 is 29.8 Å². The second-order valence-electron chi connectivity index (χ2n) is 15.3. The Morgan fingerprint density at radius 3 is 1.14 bits per heavy atom. The monoisotopic (exact) mass is 718 g/mol. The van der Waals surface area contributed by atoms with Gasteiger partial charge in [-0.05, 0) is 107 Å². The fourth-order valence-electron chi connectivity index (χ4n) is 4.13. The van der Waals surface area contributed by atoms with Crippen molar-refractivity contribution in [2.45, 2.75) is 105 Å². The van der Waals surface area contributed by atoms with Gasteiger partial charge < -0.3 is 43.0 Å². The fraction of sp³-hybridized carbons (Fsp3) is 0.541. The minimum absolute atomic E-state index is 0.0487. The maximum atomic E-state index is 12.6. The Morgan fingerprint density at radius 2 is 0.804 bits per heavy atom. The zero-order valence-electron chi connectivity index (χ0n) is 31.5. The number of carbonyl (C=O) groups is 5. The molecule has 14 heteroatoms. The highest BCUT2D eigenvalue weighted by Gasteiger charge is 2.25. The largest absolute Gasteiger partial charge is 0.482 e. The molecular weight excluding hydrogens is 668 g/mol. The van der Waals surface area contributed by atoms with Crippen LogP contribution in [0.1, 0.15) is 93.4 Å². The topological polar surface area (TPSA) is 179 Å². The van der Waals surface area contributed by atoms with Crippen LogP contribution in [-0.4, -0.2) is 83.8 Å². The van der Waals surface area contributed by atoms with Crippen molar-refractivity contribution in [3.05, 3.63) is 35.9 Å². The Kier molecular flexibility index (Phi) is 13.9. The third kappa shape index (κ3) is 16.5. The predicted octanol–water partition coefficient (Wildman–Crippen LogP) is 5.93.